The van der Waals surface area contributed by atoms with Gasteiger partial charge in [-0.1, -0.05) is 35.9 Å². The number of anilines is 1. The topological polar surface area (TPSA) is 102 Å². The van der Waals surface area contributed by atoms with Crippen LogP contribution < -0.4 is 20.3 Å². The van der Waals surface area contributed by atoms with Gasteiger partial charge < -0.3 is 4.74 Å². The second-order valence-electron chi connectivity index (χ2n) is 9.06. The van der Waals surface area contributed by atoms with Gasteiger partial charge in [-0.05, 0) is 66.9 Å². The molecule has 0 aliphatic carbocycles. The van der Waals surface area contributed by atoms with Crippen molar-refractivity contribution < 1.29 is 35.5 Å². The molecule has 3 aromatic carbocycles. The molecule has 4 rings (SSSR count). The molecule has 40 heavy (non-hydrogen) atoms. The largest absolute Gasteiger partial charge is 0.486 e. The molecular formula is C27H24ClF4N3O4S. The predicted octanol–water partition coefficient (Wildman–Crippen LogP) is 5.78. The minimum atomic E-state index is -4.75. The van der Waals surface area contributed by atoms with E-state index in [1.54, 1.807) is 19.1 Å². The number of amides is 1. The summed E-state index contributed by atoms with van der Waals surface area (Å²) in [6, 6.07) is 12.3. The SMILES string of the molecule is CC(=Cc1ccc2c(c1)N(S(=O)(=O)c1cccc(C(F)(F)F)c1)CC(CCC(=O)NN)O2)c1c(F)cccc1Cl. The van der Waals surface area contributed by atoms with Crippen molar-refractivity contribution in [3.63, 3.8) is 0 Å². The molecule has 7 nitrogen and oxygen atoms in total. The van der Waals surface area contributed by atoms with Gasteiger partial charge in [0.15, 0.2) is 0 Å². The highest BCUT2D eigenvalue weighted by Crippen LogP contribution is 2.40. The van der Waals surface area contributed by atoms with Gasteiger partial charge in [0.2, 0.25) is 5.91 Å². The van der Waals surface area contributed by atoms with Crippen molar-refractivity contribution in [1.29, 1.82) is 0 Å². The molecule has 3 N–H and O–H groups in total. The van der Waals surface area contributed by atoms with Crippen LogP contribution in [0.4, 0.5) is 23.2 Å². The highest BCUT2D eigenvalue weighted by atomic mass is 35.5. The number of carbonyl (C=O) groups excluding carboxylic acids is 1. The predicted molar refractivity (Wildman–Crippen MR) is 143 cm³/mol. The molecule has 0 saturated carbocycles. The Balaban J connectivity index is 1.79. The molecule has 3 aromatic rings. The molecule has 212 valence electrons. The smallest absolute Gasteiger partial charge is 0.416 e. The van der Waals surface area contributed by atoms with Crippen molar-refractivity contribution in [2.75, 3.05) is 10.8 Å². The molecule has 0 bridgehead atoms. The first kappa shape index (κ1) is 29.4. The Morgan fingerprint density at radius 1 is 1.18 bits per heavy atom. The van der Waals surface area contributed by atoms with Crippen molar-refractivity contribution in [1.82, 2.24) is 5.43 Å². The third-order valence-electron chi connectivity index (χ3n) is 6.26. The third-order valence-corrected chi connectivity index (χ3v) is 8.35. The van der Waals surface area contributed by atoms with Crippen LogP contribution in [0.5, 0.6) is 5.75 Å². The van der Waals surface area contributed by atoms with Crippen molar-refractivity contribution in [2.24, 2.45) is 5.84 Å². The molecule has 1 aliphatic heterocycles. The molecule has 1 heterocycles. The van der Waals surface area contributed by atoms with Crippen LogP contribution >= 0.6 is 11.6 Å². The van der Waals surface area contributed by atoms with Crippen molar-refractivity contribution >= 4 is 44.9 Å². The van der Waals surface area contributed by atoms with Gasteiger partial charge in [-0.2, -0.15) is 13.2 Å². The van der Waals surface area contributed by atoms with Gasteiger partial charge in [-0.25, -0.2) is 18.7 Å². The Labute approximate surface area is 233 Å². The Bertz CT molecular complexity index is 1560. The molecule has 0 fully saturated rings. The van der Waals surface area contributed by atoms with Gasteiger partial charge in [0.1, 0.15) is 17.7 Å². The van der Waals surface area contributed by atoms with E-state index in [4.69, 9.17) is 22.2 Å². The quantitative estimate of drug-likeness (QED) is 0.118. The molecule has 0 saturated heterocycles. The summed E-state index contributed by atoms with van der Waals surface area (Å²) < 4.78 is 88.9. The fourth-order valence-corrected chi connectivity index (χ4v) is 6.17. The van der Waals surface area contributed by atoms with Crippen LogP contribution in [-0.2, 0) is 21.0 Å². The lowest BCUT2D eigenvalue weighted by molar-refractivity contribution is -0.137. The molecular weight excluding hydrogens is 574 g/mol. The summed E-state index contributed by atoms with van der Waals surface area (Å²) in [6.45, 7) is 1.35. The molecule has 1 aliphatic rings. The Morgan fingerprint density at radius 2 is 1.90 bits per heavy atom. The molecule has 1 amide bonds. The highest BCUT2D eigenvalue weighted by Gasteiger charge is 2.37. The summed E-state index contributed by atoms with van der Waals surface area (Å²) in [5.74, 6) is 4.23. The van der Waals surface area contributed by atoms with E-state index < -0.39 is 44.5 Å². The van der Waals surface area contributed by atoms with Crippen LogP contribution in [0.3, 0.4) is 0 Å². The number of hydrazine groups is 1. The standard InChI is InChI=1S/C27H24ClF4N3O4S/c1-16(26-21(28)6-3-7-22(26)29)12-17-8-10-24-23(13-17)35(15-19(39-24)9-11-25(36)34-33)40(37,38)20-5-2-4-18(14-20)27(30,31)32/h2-8,10,12-14,19H,9,11,15,33H2,1H3,(H,34,36). The number of nitrogens with one attached hydrogen (secondary N) is 1. The fourth-order valence-electron chi connectivity index (χ4n) is 4.32. The minimum Gasteiger partial charge on any atom is -0.486 e. The van der Waals surface area contributed by atoms with Crippen molar-refractivity contribution in [3.05, 3.63) is 88.2 Å². The van der Waals surface area contributed by atoms with Gasteiger partial charge in [-0.15, -0.1) is 0 Å². The number of nitrogens with zero attached hydrogens (tertiary/aromatic N) is 1. The average molecular weight is 598 g/mol. The lowest BCUT2D eigenvalue weighted by Gasteiger charge is -2.35. The van der Waals surface area contributed by atoms with Crippen LogP contribution in [0.2, 0.25) is 5.02 Å². The van der Waals surface area contributed by atoms with Gasteiger partial charge in [0.05, 0.1) is 27.7 Å². The van der Waals surface area contributed by atoms with Gasteiger partial charge in [-0.3, -0.25) is 14.5 Å². The number of allylic oxidation sites excluding steroid dienone is 1. The minimum absolute atomic E-state index is 0.0677. The Hall–Kier alpha value is -3.61. The van der Waals surface area contributed by atoms with E-state index in [1.807, 2.05) is 5.43 Å². The summed E-state index contributed by atoms with van der Waals surface area (Å²) in [5.41, 5.74) is 2.02. The second-order valence-corrected chi connectivity index (χ2v) is 11.3. The van der Waals surface area contributed by atoms with E-state index in [2.05, 4.69) is 0 Å². The molecule has 0 spiro atoms. The zero-order valence-electron chi connectivity index (χ0n) is 21.0. The number of sulfonamides is 1. The summed E-state index contributed by atoms with van der Waals surface area (Å²) in [4.78, 5) is 11.1. The summed E-state index contributed by atoms with van der Waals surface area (Å²) >= 11 is 6.18. The van der Waals surface area contributed by atoms with E-state index in [-0.39, 0.29) is 41.4 Å². The summed E-state index contributed by atoms with van der Waals surface area (Å²) in [5, 5.41) is 0.188. The first-order valence-corrected chi connectivity index (χ1v) is 13.8. The molecule has 1 unspecified atom stereocenters. The first-order valence-electron chi connectivity index (χ1n) is 11.9. The van der Waals surface area contributed by atoms with Crippen molar-refractivity contribution in [2.45, 2.75) is 36.9 Å². The van der Waals surface area contributed by atoms with E-state index in [0.717, 1.165) is 22.5 Å². The monoisotopic (exact) mass is 597 g/mol. The number of halogens is 5. The fraction of sp³-hybridized carbons (Fsp3) is 0.222. The number of hydrogen-bond acceptors (Lipinski definition) is 5. The van der Waals surface area contributed by atoms with Crippen molar-refractivity contribution in [3.8, 4) is 5.75 Å². The second kappa shape index (κ2) is 11.5. The van der Waals surface area contributed by atoms with E-state index in [9.17, 15) is 30.8 Å². The maximum atomic E-state index is 14.4. The number of ether oxygens (including phenoxy) is 1. The lowest BCUT2D eigenvalue weighted by Crippen LogP contribution is -2.44. The number of rotatable bonds is 7. The van der Waals surface area contributed by atoms with E-state index in [0.29, 0.717) is 17.2 Å². The maximum Gasteiger partial charge on any atom is 0.416 e. The normalized spacial score (nSPS) is 15.8. The number of nitrogens with two attached hydrogens (primary N) is 1. The van der Waals surface area contributed by atoms with E-state index >= 15 is 0 Å². The third kappa shape index (κ3) is 6.24. The Morgan fingerprint density at radius 3 is 2.58 bits per heavy atom. The van der Waals surface area contributed by atoms with Crippen LogP contribution in [-0.4, -0.2) is 27.0 Å². The molecule has 0 radical (unpaired) electrons. The Kier molecular flexibility index (Phi) is 8.43. The van der Waals surface area contributed by atoms with Crippen LogP contribution in [0.15, 0.2) is 65.6 Å². The maximum absolute atomic E-state index is 14.4. The number of benzene rings is 3. The summed E-state index contributed by atoms with van der Waals surface area (Å²) in [6.07, 6.45) is -3.94. The molecule has 13 heteroatoms. The van der Waals surface area contributed by atoms with Crippen LogP contribution in [0.1, 0.15) is 36.5 Å². The zero-order chi connectivity index (χ0) is 29.2. The molecule has 0 aromatic heterocycles. The number of alkyl halides is 3. The summed E-state index contributed by atoms with van der Waals surface area (Å²) in [7, 11) is -4.52. The van der Waals surface area contributed by atoms with Gasteiger partial charge in [0, 0.05) is 12.0 Å². The van der Waals surface area contributed by atoms with Crippen LogP contribution in [0.25, 0.3) is 11.6 Å². The zero-order valence-corrected chi connectivity index (χ0v) is 22.6. The van der Waals surface area contributed by atoms with Gasteiger partial charge >= 0.3 is 6.18 Å². The molecule has 1 atom stereocenters. The average Bonchev–Trinajstić information content (AvgIpc) is 2.90. The number of fused-ring (bicyclic) bond motifs is 1. The number of carbonyl (C=O) groups is 1. The number of hydrogen-bond donors (Lipinski definition) is 2. The van der Waals surface area contributed by atoms with Gasteiger partial charge in [0.25, 0.3) is 10.0 Å². The highest BCUT2D eigenvalue weighted by molar-refractivity contribution is 7.92. The first-order chi connectivity index (χ1) is 18.8. The lowest BCUT2D eigenvalue weighted by atomic mass is 10.0. The van der Waals surface area contributed by atoms with Crippen LogP contribution in [0, 0.1) is 5.82 Å². The van der Waals surface area contributed by atoms with E-state index in [1.165, 1.54) is 30.3 Å².